The maximum absolute atomic E-state index is 14.1. The van der Waals surface area contributed by atoms with E-state index in [1.807, 2.05) is 0 Å². The fourth-order valence-corrected chi connectivity index (χ4v) is 4.24. The summed E-state index contributed by atoms with van der Waals surface area (Å²) in [5, 5.41) is 2.79. The summed E-state index contributed by atoms with van der Waals surface area (Å²) < 4.78 is 14.8. The number of hydrogen-bond donors (Lipinski definition) is 1. The molecule has 1 spiro atoms. The molecule has 1 saturated heterocycles. The molecule has 150 valence electrons. The Bertz CT molecular complexity index is 808. The van der Waals surface area contributed by atoms with Gasteiger partial charge in [0.25, 0.3) is 5.91 Å². The molecule has 28 heavy (non-hydrogen) atoms. The van der Waals surface area contributed by atoms with Gasteiger partial charge >= 0.3 is 6.03 Å². The SMILES string of the molecule is C=CCN(Cc1cc(Br)ccc1F)C(=O)CN1C(=O)NC2(CCCCC2)C1=O. The second-order valence-corrected chi connectivity index (χ2v) is 8.18. The zero-order valence-electron chi connectivity index (χ0n) is 15.5. The summed E-state index contributed by atoms with van der Waals surface area (Å²) in [5.41, 5.74) is -0.527. The topological polar surface area (TPSA) is 69.7 Å². The highest BCUT2D eigenvalue weighted by molar-refractivity contribution is 9.10. The van der Waals surface area contributed by atoms with Crippen molar-refractivity contribution in [2.24, 2.45) is 0 Å². The lowest BCUT2D eigenvalue weighted by Crippen LogP contribution is -2.49. The molecule has 3 rings (SSSR count). The van der Waals surface area contributed by atoms with Crippen molar-refractivity contribution in [1.82, 2.24) is 15.1 Å². The van der Waals surface area contributed by atoms with E-state index in [0.29, 0.717) is 22.9 Å². The van der Waals surface area contributed by atoms with Gasteiger partial charge in [-0.05, 0) is 31.0 Å². The van der Waals surface area contributed by atoms with Crippen molar-refractivity contribution in [2.45, 2.75) is 44.2 Å². The molecule has 1 aromatic rings. The molecule has 0 unspecified atom stereocenters. The smallest absolute Gasteiger partial charge is 0.325 e. The predicted octanol–water partition coefficient (Wildman–Crippen LogP) is 3.36. The first-order chi connectivity index (χ1) is 13.4. The Balaban J connectivity index is 1.73. The van der Waals surface area contributed by atoms with E-state index >= 15 is 0 Å². The summed E-state index contributed by atoms with van der Waals surface area (Å²) in [6.45, 7) is 3.47. The highest BCUT2D eigenvalue weighted by Gasteiger charge is 2.51. The van der Waals surface area contributed by atoms with Crippen LogP contribution in [0.15, 0.2) is 35.3 Å². The number of urea groups is 1. The van der Waals surface area contributed by atoms with E-state index in [9.17, 15) is 18.8 Å². The minimum Gasteiger partial charge on any atom is -0.333 e. The highest BCUT2D eigenvalue weighted by atomic mass is 79.9. The minimum atomic E-state index is -0.866. The molecule has 1 saturated carbocycles. The average Bonchev–Trinajstić information content (AvgIpc) is 2.88. The van der Waals surface area contributed by atoms with Gasteiger partial charge in [0, 0.05) is 23.1 Å². The molecule has 8 heteroatoms. The standard InChI is InChI=1S/C20H23BrFN3O3/c1-2-10-24(12-14-11-15(21)6-7-16(14)22)17(26)13-25-18(27)20(23-19(25)28)8-4-3-5-9-20/h2,6-7,11H,1,3-5,8-10,12-13H2,(H,23,28). The van der Waals surface area contributed by atoms with E-state index in [1.54, 1.807) is 12.1 Å². The molecule has 2 fully saturated rings. The Morgan fingerprint density at radius 3 is 2.71 bits per heavy atom. The Morgan fingerprint density at radius 1 is 1.32 bits per heavy atom. The van der Waals surface area contributed by atoms with Gasteiger partial charge in [0.15, 0.2) is 0 Å². The van der Waals surface area contributed by atoms with E-state index < -0.39 is 23.3 Å². The molecule has 1 heterocycles. The van der Waals surface area contributed by atoms with Crippen molar-refractivity contribution in [3.8, 4) is 0 Å². The summed E-state index contributed by atoms with van der Waals surface area (Å²) >= 11 is 3.29. The first kappa shape index (κ1) is 20.5. The first-order valence-electron chi connectivity index (χ1n) is 9.33. The summed E-state index contributed by atoms with van der Waals surface area (Å²) in [4.78, 5) is 40.4. The minimum absolute atomic E-state index is 0.0188. The molecule has 6 nitrogen and oxygen atoms in total. The van der Waals surface area contributed by atoms with Crippen LogP contribution in [-0.2, 0) is 16.1 Å². The van der Waals surface area contributed by atoms with E-state index in [4.69, 9.17) is 0 Å². The molecule has 1 aliphatic carbocycles. The zero-order chi connectivity index (χ0) is 20.3. The highest BCUT2D eigenvalue weighted by Crippen LogP contribution is 2.33. The van der Waals surface area contributed by atoms with Crippen LogP contribution in [0.2, 0.25) is 0 Å². The summed E-state index contributed by atoms with van der Waals surface area (Å²) in [6, 6.07) is 3.96. The van der Waals surface area contributed by atoms with E-state index in [-0.39, 0.29) is 25.5 Å². The second kappa shape index (κ2) is 8.43. The van der Waals surface area contributed by atoms with Crippen LogP contribution in [-0.4, -0.2) is 46.3 Å². The number of carbonyl (C=O) groups is 3. The Hall–Kier alpha value is -2.22. The van der Waals surface area contributed by atoms with Gasteiger partial charge in [0.1, 0.15) is 17.9 Å². The van der Waals surface area contributed by atoms with Crippen LogP contribution in [0.25, 0.3) is 0 Å². The van der Waals surface area contributed by atoms with Crippen LogP contribution >= 0.6 is 15.9 Å². The number of amides is 4. The van der Waals surface area contributed by atoms with Crippen molar-refractivity contribution < 1.29 is 18.8 Å². The van der Waals surface area contributed by atoms with E-state index in [0.717, 1.165) is 24.2 Å². The second-order valence-electron chi connectivity index (χ2n) is 7.26. The lowest BCUT2D eigenvalue weighted by Gasteiger charge is -2.30. The molecule has 0 aromatic heterocycles. The molecule has 0 radical (unpaired) electrons. The van der Waals surface area contributed by atoms with Crippen molar-refractivity contribution in [1.29, 1.82) is 0 Å². The first-order valence-corrected chi connectivity index (χ1v) is 10.1. The number of hydrogen-bond acceptors (Lipinski definition) is 3. The fourth-order valence-electron chi connectivity index (χ4n) is 3.83. The molecular formula is C20H23BrFN3O3. The van der Waals surface area contributed by atoms with Gasteiger partial charge in [0.05, 0.1) is 0 Å². The van der Waals surface area contributed by atoms with Crippen LogP contribution < -0.4 is 5.32 Å². The van der Waals surface area contributed by atoms with Crippen LogP contribution in [0.1, 0.15) is 37.7 Å². The number of nitrogens with one attached hydrogen (secondary N) is 1. The maximum atomic E-state index is 14.1. The Morgan fingerprint density at radius 2 is 2.04 bits per heavy atom. The van der Waals surface area contributed by atoms with Gasteiger partial charge in [-0.1, -0.05) is 41.3 Å². The largest absolute Gasteiger partial charge is 0.333 e. The Kier molecular flexibility index (Phi) is 6.17. The van der Waals surface area contributed by atoms with Gasteiger partial charge in [0.2, 0.25) is 5.91 Å². The predicted molar refractivity (Wildman–Crippen MR) is 106 cm³/mol. The molecular weight excluding hydrogens is 429 g/mol. The van der Waals surface area contributed by atoms with E-state index in [1.165, 1.54) is 17.0 Å². The van der Waals surface area contributed by atoms with Crippen molar-refractivity contribution >= 4 is 33.8 Å². The monoisotopic (exact) mass is 451 g/mol. The van der Waals surface area contributed by atoms with Gasteiger partial charge < -0.3 is 10.2 Å². The van der Waals surface area contributed by atoms with Crippen molar-refractivity contribution in [3.05, 3.63) is 46.7 Å². The molecule has 1 aromatic carbocycles. The van der Waals surface area contributed by atoms with Crippen molar-refractivity contribution in [2.75, 3.05) is 13.1 Å². The number of rotatable bonds is 6. The van der Waals surface area contributed by atoms with Gasteiger partial charge in [-0.25, -0.2) is 9.18 Å². The quantitative estimate of drug-likeness (QED) is 0.532. The van der Waals surface area contributed by atoms with Gasteiger partial charge in [-0.3, -0.25) is 14.5 Å². The molecule has 4 amide bonds. The lowest BCUT2D eigenvalue weighted by atomic mass is 9.82. The molecule has 0 atom stereocenters. The van der Waals surface area contributed by atoms with Gasteiger partial charge in [-0.2, -0.15) is 0 Å². The lowest BCUT2D eigenvalue weighted by molar-refractivity contribution is -0.139. The van der Waals surface area contributed by atoms with E-state index in [2.05, 4.69) is 27.8 Å². The zero-order valence-corrected chi connectivity index (χ0v) is 17.1. The summed E-state index contributed by atoms with van der Waals surface area (Å²) in [7, 11) is 0. The van der Waals surface area contributed by atoms with Crippen LogP contribution in [0.5, 0.6) is 0 Å². The fraction of sp³-hybridized carbons (Fsp3) is 0.450. The third kappa shape index (κ3) is 4.11. The third-order valence-electron chi connectivity index (χ3n) is 5.32. The molecule has 1 N–H and O–H groups in total. The molecule has 2 aliphatic rings. The molecule has 0 bridgehead atoms. The van der Waals surface area contributed by atoms with Crippen LogP contribution in [0.4, 0.5) is 9.18 Å². The third-order valence-corrected chi connectivity index (χ3v) is 5.81. The van der Waals surface area contributed by atoms with Crippen LogP contribution in [0.3, 0.4) is 0 Å². The number of halogens is 2. The summed E-state index contributed by atoms with van der Waals surface area (Å²) in [6.07, 6.45) is 5.51. The normalized spacial score (nSPS) is 18.3. The number of nitrogens with zero attached hydrogens (tertiary/aromatic N) is 2. The number of benzene rings is 1. The summed E-state index contributed by atoms with van der Waals surface area (Å²) in [5.74, 6) is -1.20. The Labute approximate surface area is 171 Å². The number of imide groups is 1. The molecule has 1 aliphatic heterocycles. The number of carbonyl (C=O) groups excluding carboxylic acids is 3. The van der Waals surface area contributed by atoms with Crippen LogP contribution in [0, 0.1) is 5.82 Å². The maximum Gasteiger partial charge on any atom is 0.325 e. The van der Waals surface area contributed by atoms with Gasteiger partial charge in [-0.15, -0.1) is 6.58 Å². The van der Waals surface area contributed by atoms with Crippen molar-refractivity contribution in [3.63, 3.8) is 0 Å². The average molecular weight is 452 g/mol.